The summed E-state index contributed by atoms with van der Waals surface area (Å²) < 4.78 is 36.1. The van der Waals surface area contributed by atoms with Crippen molar-refractivity contribution >= 4 is 11.6 Å². The number of nitrogens with one attached hydrogen (secondary N) is 1. The average Bonchev–Trinajstić information content (AvgIpc) is 2.15. The predicted octanol–water partition coefficient (Wildman–Crippen LogP) is 2.88. The van der Waals surface area contributed by atoms with E-state index in [1.54, 1.807) is 5.32 Å². The van der Waals surface area contributed by atoms with Crippen LogP contribution in [-0.2, 0) is 10.2 Å². The lowest BCUT2D eigenvalue weighted by molar-refractivity contribution is -0.167. The van der Waals surface area contributed by atoms with Crippen LogP contribution < -0.4 is 5.32 Å². The lowest BCUT2D eigenvalue weighted by Gasteiger charge is -2.18. The maximum Gasteiger partial charge on any atom is 0.471 e. The number of nitrogens with zero attached hydrogens (tertiary/aromatic N) is 1. The molecule has 0 aromatic carbocycles. The number of alkyl halides is 3. The number of carbonyl (C=O) groups excluding carboxylic acids is 1. The third-order valence-corrected chi connectivity index (χ3v) is 2.04. The Balaban J connectivity index is 2.91. The van der Waals surface area contributed by atoms with Crippen molar-refractivity contribution in [3.8, 4) is 0 Å². The van der Waals surface area contributed by atoms with E-state index >= 15 is 0 Å². The summed E-state index contributed by atoms with van der Waals surface area (Å²) in [5, 5.41) is 1.79. The van der Waals surface area contributed by atoms with Crippen molar-refractivity contribution in [2.75, 3.05) is 5.32 Å². The fourth-order valence-electron chi connectivity index (χ4n) is 1.12. The number of carbonyl (C=O) groups is 1. The minimum Gasteiger partial charge on any atom is -0.318 e. The highest BCUT2D eigenvalue weighted by Gasteiger charge is 2.38. The van der Waals surface area contributed by atoms with Crippen molar-refractivity contribution in [3.05, 3.63) is 24.0 Å². The van der Waals surface area contributed by atoms with Crippen molar-refractivity contribution in [2.45, 2.75) is 32.4 Å². The Morgan fingerprint density at radius 3 is 2.35 bits per heavy atom. The number of amides is 1. The summed E-state index contributed by atoms with van der Waals surface area (Å²) in [7, 11) is 0. The van der Waals surface area contributed by atoms with E-state index in [1.807, 2.05) is 20.8 Å². The molecular formula is C11H13F3N2O. The molecule has 94 valence electrons. The van der Waals surface area contributed by atoms with Crippen molar-refractivity contribution in [1.82, 2.24) is 4.98 Å². The second-order valence-corrected chi connectivity index (χ2v) is 4.63. The zero-order valence-electron chi connectivity index (χ0n) is 9.72. The van der Waals surface area contributed by atoms with Crippen LogP contribution in [0.1, 0.15) is 26.5 Å². The van der Waals surface area contributed by atoms with Crippen LogP contribution in [-0.4, -0.2) is 17.1 Å². The number of rotatable bonds is 1. The molecule has 1 rings (SSSR count). The normalized spacial score (nSPS) is 12.4. The van der Waals surface area contributed by atoms with E-state index in [-0.39, 0.29) is 11.1 Å². The Hall–Kier alpha value is -1.59. The van der Waals surface area contributed by atoms with Gasteiger partial charge in [-0.2, -0.15) is 13.2 Å². The molecule has 0 bridgehead atoms. The SMILES string of the molecule is CC(C)(C)c1cc(NC(=O)C(F)(F)F)ccn1. The molecule has 6 heteroatoms. The van der Waals surface area contributed by atoms with Gasteiger partial charge < -0.3 is 5.32 Å². The number of hydrogen-bond acceptors (Lipinski definition) is 2. The van der Waals surface area contributed by atoms with Gasteiger partial charge in [0.05, 0.1) is 0 Å². The molecule has 0 radical (unpaired) electrons. The molecule has 1 aromatic heterocycles. The summed E-state index contributed by atoms with van der Waals surface area (Å²) >= 11 is 0. The molecule has 1 aromatic rings. The Morgan fingerprint density at radius 2 is 1.88 bits per heavy atom. The molecule has 0 aliphatic carbocycles. The van der Waals surface area contributed by atoms with Gasteiger partial charge in [0.25, 0.3) is 0 Å². The maximum absolute atomic E-state index is 12.0. The van der Waals surface area contributed by atoms with Crippen LogP contribution in [0.15, 0.2) is 18.3 Å². The summed E-state index contributed by atoms with van der Waals surface area (Å²) in [6.07, 6.45) is -3.52. The Morgan fingerprint density at radius 1 is 1.29 bits per heavy atom. The van der Waals surface area contributed by atoms with Gasteiger partial charge in [-0.1, -0.05) is 20.8 Å². The fourth-order valence-corrected chi connectivity index (χ4v) is 1.12. The van der Waals surface area contributed by atoms with E-state index in [2.05, 4.69) is 4.98 Å². The highest BCUT2D eigenvalue weighted by molar-refractivity contribution is 5.94. The third kappa shape index (κ3) is 3.72. The van der Waals surface area contributed by atoms with Gasteiger partial charge in [0.2, 0.25) is 0 Å². The fraction of sp³-hybridized carbons (Fsp3) is 0.455. The van der Waals surface area contributed by atoms with Crippen molar-refractivity contribution in [3.63, 3.8) is 0 Å². The minimum absolute atomic E-state index is 0.0900. The number of anilines is 1. The summed E-state index contributed by atoms with van der Waals surface area (Å²) in [4.78, 5) is 14.8. The van der Waals surface area contributed by atoms with Gasteiger partial charge in [-0.25, -0.2) is 0 Å². The highest BCUT2D eigenvalue weighted by Crippen LogP contribution is 2.23. The first-order chi connectivity index (χ1) is 7.60. The molecule has 0 aliphatic rings. The zero-order valence-corrected chi connectivity index (χ0v) is 9.72. The van der Waals surface area contributed by atoms with Crippen LogP contribution in [0.3, 0.4) is 0 Å². The van der Waals surface area contributed by atoms with Gasteiger partial charge in [0, 0.05) is 23.0 Å². The standard InChI is InChI=1S/C11H13F3N2O/c1-10(2,3)8-6-7(4-5-15-8)16-9(17)11(12,13)14/h4-6H,1-3H3,(H,15,16,17). The van der Waals surface area contributed by atoms with Gasteiger partial charge >= 0.3 is 12.1 Å². The molecule has 0 spiro atoms. The summed E-state index contributed by atoms with van der Waals surface area (Å²) in [6.45, 7) is 5.64. The molecule has 0 unspecified atom stereocenters. The quantitative estimate of drug-likeness (QED) is 0.827. The second kappa shape index (κ2) is 4.35. The number of pyridine rings is 1. The largest absolute Gasteiger partial charge is 0.471 e. The highest BCUT2D eigenvalue weighted by atomic mass is 19.4. The number of aromatic nitrogens is 1. The molecule has 0 atom stereocenters. The van der Waals surface area contributed by atoms with E-state index in [4.69, 9.17) is 0 Å². The molecule has 1 heterocycles. The maximum atomic E-state index is 12.0. The molecule has 17 heavy (non-hydrogen) atoms. The first-order valence-electron chi connectivity index (χ1n) is 4.95. The van der Waals surface area contributed by atoms with Crippen LogP contribution in [0.5, 0.6) is 0 Å². The van der Waals surface area contributed by atoms with Gasteiger partial charge in [-0.05, 0) is 12.1 Å². The van der Waals surface area contributed by atoms with Crippen LogP contribution in [0.4, 0.5) is 18.9 Å². The van der Waals surface area contributed by atoms with Gasteiger partial charge in [0.15, 0.2) is 0 Å². The summed E-state index contributed by atoms with van der Waals surface area (Å²) in [6, 6.07) is 2.75. The van der Waals surface area contributed by atoms with Crippen molar-refractivity contribution in [2.24, 2.45) is 0 Å². The van der Waals surface area contributed by atoms with Gasteiger partial charge in [-0.15, -0.1) is 0 Å². The number of hydrogen-bond donors (Lipinski definition) is 1. The van der Waals surface area contributed by atoms with Gasteiger partial charge in [0.1, 0.15) is 0 Å². The second-order valence-electron chi connectivity index (χ2n) is 4.63. The number of halogens is 3. The van der Waals surface area contributed by atoms with Crippen molar-refractivity contribution in [1.29, 1.82) is 0 Å². The molecule has 1 amide bonds. The Labute approximate surface area is 97.0 Å². The molecular weight excluding hydrogens is 233 g/mol. The zero-order chi connectivity index (χ0) is 13.3. The Bertz CT molecular complexity index is 421. The molecule has 0 aliphatic heterocycles. The summed E-state index contributed by atoms with van der Waals surface area (Å²) in [5.41, 5.74) is 0.406. The van der Waals surface area contributed by atoms with Crippen LogP contribution in [0.25, 0.3) is 0 Å². The predicted molar refractivity (Wildman–Crippen MR) is 57.6 cm³/mol. The van der Waals surface area contributed by atoms with Gasteiger partial charge in [-0.3, -0.25) is 9.78 Å². The van der Waals surface area contributed by atoms with E-state index < -0.39 is 12.1 Å². The first kappa shape index (κ1) is 13.5. The topological polar surface area (TPSA) is 42.0 Å². The molecule has 1 N–H and O–H groups in total. The first-order valence-corrected chi connectivity index (χ1v) is 4.95. The lowest BCUT2D eigenvalue weighted by atomic mass is 9.91. The smallest absolute Gasteiger partial charge is 0.318 e. The molecule has 0 fully saturated rings. The van der Waals surface area contributed by atoms with Crippen LogP contribution in [0.2, 0.25) is 0 Å². The molecule has 0 saturated carbocycles. The van der Waals surface area contributed by atoms with E-state index in [1.165, 1.54) is 18.3 Å². The monoisotopic (exact) mass is 246 g/mol. The van der Waals surface area contributed by atoms with E-state index in [0.29, 0.717) is 5.69 Å². The van der Waals surface area contributed by atoms with E-state index in [9.17, 15) is 18.0 Å². The van der Waals surface area contributed by atoms with Crippen molar-refractivity contribution < 1.29 is 18.0 Å². The minimum atomic E-state index is -4.88. The average molecular weight is 246 g/mol. The molecule has 3 nitrogen and oxygen atoms in total. The Kier molecular flexibility index (Phi) is 3.45. The van der Waals surface area contributed by atoms with Crippen LogP contribution in [0, 0.1) is 0 Å². The van der Waals surface area contributed by atoms with Crippen LogP contribution >= 0.6 is 0 Å². The third-order valence-electron chi connectivity index (χ3n) is 2.04. The summed E-state index contributed by atoms with van der Waals surface area (Å²) in [5.74, 6) is -1.98. The van der Waals surface area contributed by atoms with E-state index in [0.717, 1.165) is 0 Å². The lowest BCUT2D eigenvalue weighted by Crippen LogP contribution is -2.30. The molecule has 0 saturated heterocycles.